The Bertz CT molecular complexity index is 558. The van der Waals surface area contributed by atoms with E-state index in [1.165, 1.54) is 6.20 Å². The van der Waals surface area contributed by atoms with Gasteiger partial charge in [-0.15, -0.1) is 0 Å². The zero-order chi connectivity index (χ0) is 14.4. The highest BCUT2D eigenvalue weighted by Gasteiger charge is 2.15. The first-order valence-corrected chi connectivity index (χ1v) is 7.05. The van der Waals surface area contributed by atoms with Gasteiger partial charge in [0, 0.05) is 19.3 Å². The van der Waals surface area contributed by atoms with Gasteiger partial charge in [-0.2, -0.15) is 0 Å². The van der Waals surface area contributed by atoms with Crippen molar-refractivity contribution in [3.05, 3.63) is 64.4 Å². The number of aromatic nitrogens is 1. The van der Waals surface area contributed by atoms with Crippen LogP contribution < -0.4 is 0 Å². The van der Waals surface area contributed by atoms with E-state index in [4.69, 9.17) is 5.11 Å². The Balaban J connectivity index is 2.15. The van der Waals surface area contributed by atoms with Gasteiger partial charge in [-0.3, -0.25) is 4.79 Å². The molecule has 0 aliphatic heterocycles. The molecule has 0 spiro atoms. The van der Waals surface area contributed by atoms with E-state index in [1.807, 2.05) is 30.3 Å². The maximum atomic E-state index is 12.4. The fourth-order valence-electron chi connectivity index (χ4n) is 1.86. The Kier molecular flexibility index (Phi) is 5.26. The summed E-state index contributed by atoms with van der Waals surface area (Å²) in [5, 5.41) is 9.14. The van der Waals surface area contributed by atoms with Crippen molar-refractivity contribution in [2.24, 2.45) is 0 Å². The molecule has 0 unspecified atom stereocenters. The first kappa shape index (κ1) is 14.7. The maximum absolute atomic E-state index is 12.4. The number of rotatable bonds is 5. The van der Waals surface area contributed by atoms with Crippen LogP contribution in [0.15, 0.2) is 53.3 Å². The predicted molar refractivity (Wildman–Crippen MR) is 80.2 cm³/mol. The molecular formula is C15H15BrN2O2. The van der Waals surface area contributed by atoms with E-state index in [2.05, 4.69) is 20.9 Å². The fraction of sp³-hybridized carbons (Fsp3) is 0.200. The molecule has 0 saturated carbocycles. The van der Waals surface area contributed by atoms with E-state index in [9.17, 15) is 4.79 Å². The third kappa shape index (κ3) is 3.88. The van der Waals surface area contributed by atoms with Gasteiger partial charge >= 0.3 is 0 Å². The summed E-state index contributed by atoms with van der Waals surface area (Å²) >= 11 is 3.24. The van der Waals surface area contributed by atoms with Crippen LogP contribution in [-0.2, 0) is 6.54 Å². The summed E-state index contributed by atoms with van der Waals surface area (Å²) in [7, 11) is 0. The molecule has 4 nitrogen and oxygen atoms in total. The number of halogens is 1. The van der Waals surface area contributed by atoms with Crippen LogP contribution in [-0.4, -0.2) is 34.0 Å². The van der Waals surface area contributed by atoms with Gasteiger partial charge < -0.3 is 10.0 Å². The highest BCUT2D eigenvalue weighted by atomic mass is 79.9. The molecule has 0 radical (unpaired) electrons. The van der Waals surface area contributed by atoms with E-state index in [0.717, 1.165) is 5.56 Å². The molecule has 2 aromatic rings. The van der Waals surface area contributed by atoms with E-state index in [-0.39, 0.29) is 12.5 Å². The summed E-state index contributed by atoms with van der Waals surface area (Å²) in [6.07, 6.45) is 1.53. The minimum atomic E-state index is -0.136. The summed E-state index contributed by atoms with van der Waals surface area (Å²) in [5.41, 5.74) is 1.54. The molecule has 5 heteroatoms. The third-order valence-corrected chi connectivity index (χ3v) is 3.32. The van der Waals surface area contributed by atoms with Crippen LogP contribution in [0.4, 0.5) is 0 Å². The zero-order valence-corrected chi connectivity index (χ0v) is 12.5. The summed E-state index contributed by atoms with van der Waals surface area (Å²) < 4.78 is 0.686. The summed E-state index contributed by atoms with van der Waals surface area (Å²) in [5.74, 6) is -0.136. The van der Waals surface area contributed by atoms with Crippen LogP contribution in [0, 0.1) is 0 Å². The van der Waals surface area contributed by atoms with Crippen molar-refractivity contribution >= 4 is 21.8 Å². The van der Waals surface area contributed by atoms with Gasteiger partial charge in [-0.1, -0.05) is 30.3 Å². The lowest BCUT2D eigenvalue weighted by molar-refractivity contribution is 0.0707. The standard InChI is InChI=1S/C15H15BrN2O2/c16-14-7-6-13(10-17-14)15(20)18(8-9-19)11-12-4-2-1-3-5-12/h1-7,10,19H,8-9,11H2. The van der Waals surface area contributed by atoms with Gasteiger partial charge in [0.2, 0.25) is 0 Å². The molecule has 0 aliphatic rings. The lowest BCUT2D eigenvalue weighted by Gasteiger charge is -2.21. The molecule has 1 heterocycles. The molecule has 1 aromatic heterocycles. The molecule has 0 saturated heterocycles. The van der Waals surface area contributed by atoms with E-state index < -0.39 is 0 Å². The Morgan fingerprint density at radius 2 is 1.95 bits per heavy atom. The van der Waals surface area contributed by atoms with Crippen molar-refractivity contribution in [1.82, 2.24) is 9.88 Å². The van der Waals surface area contributed by atoms with Crippen molar-refractivity contribution in [2.75, 3.05) is 13.2 Å². The number of hydrogen-bond acceptors (Lipinski definition) is 3. The second-order valence-corrected chi connectivity index (χ2v) is 5.12. The first-order valence-electron chi connectivity index (χ1n) is 6.26. The van der Waals surface area contributed by atoms with Crippen LogP contribution in [0.1, 0.15) is 15.9 Å². The van der Waals surface area contributed by atoms with Gasteiger partial charge in [0.25, 0.3) is 5.91 Å². The van der Waals surface area contributed by atoms with Crippen LogP contribution in [0.5, 0.6) is 0 Å². The highest BCUT2D eigenvalue weighted by molar-refractivity contribution is 9.10. The highest BCUT2D eigenvalue weighted by Crippen LogP contribution is 2.11. The number of nitrogens with zero attached hydrogens (tertiary/aromatic N) is 2. The third-order valence-electron chi connectivity index (χ3n) is 2.85. The van der Waals surface area contributed by atoms with E-state index in [0.29, 0.717) is 23.3 Å². The van der Waals surface area contributed by atoms with E-state index in [1.54, 1.807) is 17.0 Å². The summed E-state index contributed by atoms with van der Waals surface area (Å²) in [6.45, 7) is 0.697. The van der Waals surface area contributed by atoms with Crippen molar-refractivity contribution in [1.29, 1.82) is 0 Å². The SMILES string of the molecule is O=C(c1ccc(Br)nc1)N(CCO)Cc1ccccc1. The summed E-state index contributed by atoms with van der Waals surface area (Å²) in [4.78, 5) is 18.1. The number of hydrogen-bond donors (Lipinski definition) is 1. The Morgan fingerprint density at radius 3 is 2.55 bits per heavy atom. The maximum Gasteiger partial charge on any atom is 0.255 e. The van der Waals surface area contributed by atoms with Gasteiger partial charge in [-0.05, 0) is 33.6 Å². The average Bonchev–Trinajstić information content (AvgIpc) is 2.48. The number of carbonyl (C=O) groups excluding carboxylic acids is 1. The number of carbonyl (C=O) groups is 1. The minimum Gasteiger partial charge on any atom is -0.395 e. The predicted octanol–water partition coefficient (Wildman–Crippen LogP) is 2.48. The number of aliphatic hydroxyl groups excluding tert-OH is 1. The smallest absolute Gasteiger partial charge is 0.255 e. The average molecular weight is 335 g/mol. The fourth-order valence-corrected chi connectivity index (χ4v) is 2.10. The topological polar surface area (TPSA) is 53.4 Å². The lowest BCUT2D eigenvalue weighted by Crippen LogP contribution is -2.33. The molecular weight excluding hydrogens is 320 g/mol. The van der Waals surface area contributed by atoms with Crippen LogP contribution in [0.2, 0.25) is 0 Å². The number of benzene rings is 1. The van der Waals surface area contributed by atoms with Gasteiger partial charge in [0.15, 0.2) is 0 Å². The number of aliphatic hydroxyl groups is 1. The van der Waals surface area contributed by atoms with Crippen LogP contribution >= 0.6 is 15.9 Å². The molecule has 2 rings (SSSR count). The molecule has 1 aromatic carbocycles. The largest absolute Gasteiger partial charge is 0.395 e. The molecule has 0 atom stereocenters. The van der Waals surface area contributed by atoms with Gasteiger partial charge in [0.05, 0.1) is 12.2 Å². The molecule has 1 N–H and O–H groups in total. The van der Waals surface area contributed by atoms with Crippen molar-refractivity contribution < 1.29 is 9.90 Å². The monoisotopic (exact) mass is 334 g/mol. The molecule has 0 bridgehead atoms. The lowest BCUT2D eigenvalue weighted by atomic mass is 10.2. The van der Waals surface area contributed by atoms with Crippen molar-refractivity contribution in [3.63, 3.8) is 0 Å². The molecule has 20 heavy (non-hydrogen) atoms. The molecule has 104 valence electrons. The van der Waals surface area contributed by atoms with Crippen LogP contribution in [0.3, 0.4) is 0 Å². The van der Waals surface area contributed by atoms with Crippen molar-refractivity contribution in [3.8, 4) is 0 Å². The second kappa shape index (κ2) is 7.17. The van der Waals surface area contributed by atoms with Crippen LogP contribution in [0.25, 0.3) is 0 Å². The Labute approximate surface area is 126 Å². The zero-order valence-electron chi connectivity index (χ0n) is 10.9. The Morgan fingerprint density at radius 1 is 1.20 bits per heavy atom. The quantitative estimate of drug-likeness (QED) is 0.854. The Hall–Kier alpha value is -1.72. The minimum absolute atomic E-state index is 0.0669. The molecule has 0 aliphatic carbocycles. The van der Waals surface area contributed by atoms with Crippen molar-refractivity contribution in [2.45, 2.75) is 6.54 Å². The van der Waals surface area contributed by atoms with Gasteiger partial charge in [0.1, 0.15) is 4.60 Å². The number of amides is 1. The first-order chi connectivity index (χ1) is 9.70. The molecule has 0 fully saturated rings. The molecule has 1 amide bonds. The normalized spacial score (nSPS) is 10.3. The second-order valence-electron chi connectivity index (χ2n) is 4.31. The van der Waals surface area contributed by atoms with Gasteiger partial charge in [-0.25, -0.2) is 4.98 Å². The summed E-state index contributed by atoms with van der Waals surface area (Å²) in [6, 6.07) is 13.1. The van der Waals surface area contributed by atoms with E-state index >= 15 is 0 Å². The number of pyridine rings is 1.